The van der Waals surface area contributed by atoms with Crippen LogP contribution in [-0.2, 0) is 13.8 Å². The van der Waals surface area contributed by atoms with Crippen LogP contribution in [-0.4, -0.2) is 17.4 Å². The second-order valence-corrected chi connectivity index (χ2v) is 2.77. The lowest BCUT2D eigenvalue weighted by atomic mass is 10.9. The fourth-order valence-corrected chi connectivity index (χ4v) is 0.716. The average molecular weight is 178 g/mol. The fourth-order valence-electron chi connectivity index (χ4n) is 0.170. The average Bonchev–Trinajstić information content (AvgIpc) is 1.84. The topological polar surface area (TPSA) is 55.8 Å². The van der Waals surface area contributed by atoms with Gasteiger partial charge in [-0.1, -0.05) is 4.73 Å². The van der Waals surface area contributed by atoms with Crippen LogP contribution in [0.2, 0.25) is 0 Å². The Morgan fingerprint density at radius 3 is 2.67 bits per heavy atom. The van der Waals surface area contributed by atoms with E-state index < -0.39 is 7.82 Å². The molecule has 0 saturated carbocycles. The molecule has 0 aliphatic carbocycles. The highest BCUT2D eigenvalue weighted by Gasteiger charge is 2.20. The minimum Gasteiger partial charge on any atom is -0.301 e. The van der Waals surface area contributed by atoms with Crippen LogP contribution in [0.15, 0.2) is 0 Å². The van der Waals surface area contributed by atoms with Gasteiger partial charge in [-0.2, -0.15) is 0 Å². The number of hydrogen-bond donors (Lipinski definition) is 1. The first-order chi connectivity index (χ1) is 4.12. The van der Waals surface area contributed by atoms with Gasteiger partial charge in [0.15, 0.2) is 0 Å². The van der Waals surface area contributed by atoms with Crippen molar-refractivity contribution in [2.45, 2.75) is 0 Å². The molecule has 1 N–H and O–H groups in total. The van der Waals surface area contributed by atoms with Gasteiger partial charge < -0.3 is 4.89 Å². The van der Waals surface area contributed by atoms with E-state index in [4.69, 9.17) is 16.5 Å². The van der Waals surface area contributed by atoms with Crippen LogP contribution in [0, 0.1) is 0 Å². The van der Waals surface area contributed by atoms with E-state index >= 15 is 0 Å². The van der Waals surface area contributed by atoms with Crippen molar-refractivity contribution in [3.05, 3.63) is 0 Å². The molecule has 7 heteroatoms. The Bertz CT molecular complexity index is 119. The van der Waals surface area contributed by atoms with Gasteiger partial charge in [-0.25, -0.2) is 4.57 Å². The molecule has 0 aliphatic rings. The molecule has 0 bridgehead atoms. The summed E-state index contributed by atoms with van der Waals surface area (Å²) >= 11 is 5.03. The van der Waals surface area contributed by atoms with Crippen molar-refractivity contribution in [3.8, 4) is 0 Å². The molecule has 9 heavy (non-hydrogen) atoms. The standard InChI is InChI=1S/C2H5ClFO4P/c3-1-2-7-9(5,6)8-4/h1-2H2,(H,5,6). The maximum Gasteiger partial charge on any atom is 0.503 e. The number of halogens is 2. The SMILES string of the molecule is O=P(O)(OF)OCCCl. The molecule has 0 radical (unpaired) electrons. The third kappa shape index (κ3) is 4.81. The van der Waals surface area contributed by atoms with Crippen LogP contribution < -0.4 is 0 Å². The Kier molecular flexibility index (Phi) is 4.35. The van der Waals surface area contributed by atoms with Gasteiger partial charge >= 0.3 is 7.82 Å². The summed E-state index contributed by atoms with van der Waals surface area (Å²) in [4.78, 5) is 8.13. The molecule has 1 atom stereocenters. The second kappa shape index (κ2) is 4.19. The monoisotopic (exact) mass is 178 g/mol. The first-order valence-corrected chi connectivity index (χ1v) is 3.99. The van der Waals surface area contributed by atoms with E-state index in [1.807, 2.05) is 0 Å². The maximum absolute atomic E-state index is 10.9. The lowest BCUT2D eigenvalue weighted by Crippen LogP contribution is -1.92. The minimum atomic E-state index is -4.44. The van der Waals surface area contributed by atoms with E-state index in [9.17, 15) is 9.09 Å². The molecule has 0 aromatic heterocycles. The summed E-state index contributed by atoms with van der Waals surface area (Å²) in [7, 11) is -4.44. The first kappa shape index (κ1) is 9.33. The Hall–Kier alpha value is 0.330. The first-order valence-electron chi connectivity index (χ1n) is 1.96. The predicted molar refractivity (Wildman–Crippen MR) is 28.7 cm³/mol. The van der Waals surface area contributed by atoms with Crippen LogP contribution in [0.1, 0.15) is 0 Å². The van der Waals surface area contributed by atoms with Crippen LogP contribution in [0.25, 0.3) is 0 Å². The van der Waals surface area contributed by atoms with Crippen molar-refractivity contribution < 1.29 is 23.2 Å². The highest BCUT2D eigenvalue weighted by atomic mass is 35.5. The summed E-state index contributed by atoms with van der Waals surface area (Å²) in [6.45, 7) is -0.223. The molecule has 0 fully saturated rings. The van der Waals surface area contributed by atoms with Crippen molar-refractivity contribution in [3.63, 3.8) is 0 Å². The lowest BCUT2D eigenvalue weighted by molar-refractivity contribution is -0.0468. The molecule has 56 valence electrons. The molecule has 1 unspecified atom stereocenters. The van der Waals surface area contributed by atoms with Crippen molar-refractivity contribution in [1.82, 2.24) is 0 Å². The molecule has 0 amide bonds. The normalized spacial score (nSPS) is 17.2. The Morgan fingerprint density at radius 1 is 1.78 bits per heavy atom. The van der Waals surface area contributed by atoms with Gasteiger partial charge in [0.05, 0.1) is 6.61 Å². The van der Waals surface area contributed by atoms with Crippen molar-refractivity contribution in [2.75, 3.05) is 12.5 Å². The molecule has 0 aromatic carbocycles. The third-order valence-electron chi connectivity index (χ3n) is 0.419. The van der Waals surface area contributed by atoms with E-state index in [0.717, 1.165) is 0 Å². The highest BCUT2D eigenvalue weighted by molar-refractivity contribution is 7.47. The molecule has 0 aliphatic heterocycles. The van der Waals surface area contributed by atoms with Gasteiger partial charge in [0.25, 0.3) is 0 Å². The Labute approximate surface area is 56.0 Å². The number of alkyl halides is 1. The quantitative estimate of drug-likeness (QED) is 0.520. The molecule has 0 heterocycles. The van der Waals surface area contributed by atoms with Gasteiger partial charge in [-0.3, -0.25) is 4.52 Å². The smallest absolute Gasteiger partial charge is 0.301 e. The molecule has 0 saturated heterocycles. The zero-order valence-corrected chi connectivity index (χ0v) is 5.94. The Balaban J connectivity index is 3.46. The van der Waals surface area contributed by atoms with Gasteiger partial charge in [-0.05, 0) is 4.53 Å². The van der Waals surface area contributed by atoms with Crippen molar-refractivity contribution in [1.29, 1.82) is 0 Å². The zero-order valence-electron chi connectivity index (χ0n) is 4.29. The zero-order chi connectivity index (χ0) is 7.33. The number of hydrogen-bond acceptors (Lipinski definition) is 3. The lowest BCUT2D eigenvalue weighted by Gasteiger charge is -2.02. The molecule has 0 rings (SSSR count). The van der Waals surface area contributed by atoms with Crippen LogP contribution >= 0.6 is 19.4 Å². The van der Waals surface area contributed by atoms with Crippen LogP contribution in [0.5, 0.6) is 0 Å². The summed E-state index contributed by atoms with van der Waals surface area (Å²) in [6, 6.07) is 0. The van der Waals surface area contributed by atoms with Crippen LogP contribution in [0.3, 0.4) is 0 Å². The van der Waals surface area contributed by atoms with Crippen LogP contribution in [0.4, 0.5) is 4.53 Å². The number of phosphoric ester groups is 1. The summed E-state index contributed by atoms with van der Waals surface area (Å²) in [5.74, 6) is 0.00785. The van der Waals surface area contributed by atoms with Gasteiger partial charge in [-0.15, -0.1) is 11.6 Å². The van der Waals surface area contributed by atoms with E-state index in [1.165, 1.54) is 0 Å². The van der Waals surface area contributed by atoms with E-state index in [-0.39, 0.29) is 12.5 Å². The summed E-state index contributed by atoms with van der Waals surface area (Å²) in [6.07, 6.45) is 0. The fraction of sp³-hybridized carbons (Fsp3) is 1.00. The predicted octanol–water partition coefficient (Wildman–Crippen LogP) is 1.24. The second-order valence-electron chi connectivity index (χ2n) is 1.06. The van der Waals surface area contributed by atoms with Crippen molar-refractivity contribution >= 4 is 19.4 Å². The van der Waals surface area contributed by atoms with E-state index in [2.05, 4.69) is 9.25 Å². The van der Waals surface area contributed by atoms with Gasteiger partial charge in [0, 0.05) is 5.88 Å². The van der Waals surface area contributed by atoms with E-state index in [0.29, 0.717) is 0 Å². The van der Waals surface area contributed by atoms with E-state index in [1.54, 1.807) is 0 Å². The summed E-state index contributed by atoms with van der Waals surface area (Å²) in [5, 5.41) is 0. The highest BCUT2D eigenvalue weighted by Crippen LogP contribution is 2.43. The summed E-state index contributed by atoms with van der Waals surface area (Å²) < 4.78 is 27.4. The van der Waals surface area contributed by atoms with Gasteiger partial charge in [0.1, 0.15) is 0 Å². The third-order valence-corrected chi connectivity index (χ3v) is 1.26. The summed E-state index contributed by atoms with van der Waals surface area (Å²) in [5.41, 5.74) is 0. The Morgan fingerprint density at radius 2 is 2.33 bits per heavy atom. The van der Waals surface area contributed by atoms with Crippen molar-refractivity contribution in [2.24, 2.45) is 0 Å². The largest absolute Gasteiger partial charge is 0.503 e. The van der Waals surface area contributed by atoms with Gasteiger partial charge in [0.2, 0.25) is 0 Å². The maximum atomic E-state index is 10.9. The minimum absolute atomic E-state index is 0.00785. The molecule has 4 nitrogen and oxygen atoms in total. The molecule has 0 spiro atoms. The number of phosphoric acid groups is 1. The number of rotatable bonds is 4. The molecular formula is C2H5ClFO4P. The molecule has 0 aromatic rings. The molecular weight excluding hydrogens is 173 g/mol.